The Labute approximate surface area is 65.7 Å². The van der Waals surface area contributed by atoms with Crippen LogP contribution in [-0.2, 0) is 14.3 Å². The maximum Gasteiger partial charge on any atom is 0.305 e. The van der Waals surface area contributed by atoms with Crippen molar-refractivity contribution < 1.29 is 14.3 Å². The molecule has 0 rings (SSSR count). The molecule has 0 aromatic carbocycles. The van der Waals surface area contributed by atoms with E-state index in [1.54, 1.807) is 0 Å². The molecule has 0 amide bonds. The monoisotopic (exact) mass is 159 g/mol. The summed E-state index contributed by atoms with van der Waals surface area (Å²) in [6.45, 7) is 0.0567. The summed E-state index contributed by atoms with van der Waals surface area (Å²) in [5.41, 5.74) is 5.06. The summed E-state index contributed by atoms with van der Waals surface area (Å²) < 4.78 is 4.38. The van der Waals surface area contributed by atoms with Gasteiger partial charge in [0.1, 0.15) is 5.78 Å². The van der Waals surface area contributed by atoms with Crippen LogP contribution in [0.3, 0.4) is 0 Å². The fourth-order valence-electron chi connectivity index (χ4n) is 0.634. The Hall–Kier alpha value is -0.900. The SMILES string of the molecule is COC(=O)CCCC(=O)CN. The van der Waals surface area contributed by atoms with Crippen LogP contribution in [0.2, 0.25) is 0 Å². The minimum atomic E-state index is -0.283. The molecule has 4 nitrogen and oxygen atoms in total. The summed E-state index contributed by atoms with van der Waals surface area (Å²) in [5.74, 6) is -0.302. The molecule has 0 unspecified atom stereocenters. The summed E-state index contributed by atoms with van der Waals surface area (Å²) in [6, 6.07) is 0. The smallest absolute Gasteiger partial charge is 0.305 e. The molecule has 0 aliphatic heterocycles. The number of carbonyl (C=O) groups is 2. The van der Waals surface area contributed by atoms with E-state index in [9.17, 15) is 9.59 Å². The third-order valence-electron chi connectivity index (χ3n) is 1.29. The van der Waals surface area contributed by atoms with Crippen molar-refractivity contribution in [3.05, 3.63) is 0 Å². The molecule has 4 heteroatoms. The van der Waals surface area contributed by atoms with Gasteiger partial charge in [0.05, 0.1) is 13.7 Å². The minimum absolute atomic E-state index is 0.0195. The number of hydrogen-bond acceptors (Lipinski definition) is 4. The third-order valence-corrected chi connectivity index (χ3v) is 1.29. The zero-order valence-electron chi connectivity index (χ0n) is 6.63. The highest BCUT2D eigenvalue weighted by atomic mass is 16.5. The first kappa shape index (κ1) is 10.1. The van der Waals surface area contributed by atoms with Crippen molar-refractivity contribution in [1.82, 2.24) is 0 Å². The van der Waals surface area contributed by atoms with Gasteiger partial charge in [-0.05, 0) is 6.42 Å². The largest absolute Gasteiger partial charge is 0.469 e. The lowest BCUT2D eigenvalue weighted by atomic mass is 10.2. The Morgan fingerprint density at radius 2 is 2.00 bits per heavy atom. The van der Waals surface area contributed by atoms with Crippen LogP contribution in [0.25, 0.3) is 0 Å². The van der Waals surface area contributed by atoms with Gasteiger partial charge in [-0.1, -0.05) is 0 Å². The normalized spacial score (nSPS) is 9.27. The maximum absolute atomic E-state index is 10.6. The molecule has 0 fully saturated rings. The molecule has 0 aliphatic carbocycles. The van der Waals surface area contributed by atoms with Crippen LogP contribution in [0.5, 0.6) is 0 Å². The Morgan fingerprint density at radius 1 is 1.36 bits per heavy atom. The quantitative estimate of drug-likeness (QED) is 0.567. The highest BCUT2D eigenvalue weighted by molar-refractivity contribution is 5.80. The standard InChI is InChI=1S/C7H13NO3/c1-11-7(10)4-2-3-6(9)5-8/h2-5,8H2,1H3. The van der Waals surface area contributed by atoms with Crippen LogP contribution in [-0.4, -0.2) is 25.4 Å². The average molecular weight is 159 g/mol. The first-order valence-corrected chi connectivity index (χ1v) is 3.49. The van der Waals surface area contributed by atoms with Gasteiger partial charge in [0, 0.05) is 12.8 Å². The molecule has 64 valence electrons. The molecule has 0 spiro atoms. The molecule has 0 aromatic rings. The van der Waals surface area contributed by atoms with E-state index in [-0.39, 0.29) is 18.3 Å². The van der Waals surface area contributed by atoms with Crippen LogP contribution in [0.1, 0.15) is 19.3 Å². The summed E-state index contributed by atoms with van der Waals surface area (Å²) in [4.78, 5) is 21.1. The van der Waals surface area contributed by atoms with Crippen molar-refractivity contribution in [3.8, 4) is 0 Å². The Balaban J connectivity index is 3.27. The fourth-order valence-corrected chi connectivity index (χ4v) is 0.634. The number of methoxy groups -OCH3 is 1. The molecular formula is C7H13NO3. The minimum Gasteiger partial charge on any atom is -0.469 e. The highest BCUT2D eigenvalue weighted by Crippen LogP contribution is 1.96. The molecule has 0 saturated carbocycles. The molecule has 0 aliphatic rings. The lowest BCUT2D eigenvalue weighted by Crippen LogP contribution is -2.13. The lowest BCUT2D eigenvalue weighted by Gasteiger charge is -1.97. The topological polar surface area (TPSA) is 69.4 Å². The number of ketones is 1. The number of rotatable bonds is 5. The predicted molar refractivity (Wildman–Crippen MR) is 39.9 cm³/mol. The van der Waals surface area contributed by atoms with Gasteiger partial charge in [0.25, 0.3) is 0 Å². The third kappa shape index (κ3) is 5.54. The fraction of sp³-hybridized carbons (Fsp3) is 0.714. The molecule has 0 saturated heterocycles. The van der Waals surface area contributed by atoms with Crippen molar-refractivity contribution in [2.24, 2.45) is 5.73 Å². The highest BCUT2D eigenvalue weighted by Gasteiger charge is 2.02. The van der Waals surface area contributed by atoms with Gasteiger partial charge in [0.15, 0.2) is 0 Å². The summed E-state index contributed by atoms with van der Waals surface area (Å²) in [6.07, 6.45) is 1.19. The Kier molecular flexibility index (Phi) is 5.37. The second-order valence-corrected chi connectivity index (χ2v) is 2.17. The lowest BCUT2D eigenvalue weighted by molar-refractivity contribution is -0.140. The molecule has 11 heavy (non-hydrogen) atoms. The van der Waals surface area contributed by atoms with Crippen LogP contribution in [0.4, 0.5) is 0 Å². The number of carbonyl (C=O) groups excluding carboxylic acids is 2. The zero-order chi connectivity index (χ0) is 8.69. The van der Waals surface area contributed by atoms with Gasteiger partial charge in [-0.25, -0.2) is 0 Å². The van der Waals surface area contributed by atoms with E-state index in [1.165, 1.54) is 7.11 Å². The number of nitrogens with two attached hydrogens (primary N) is 1. The van der Waals surface area contributed by atoms with Crippen molar-refractivity contribution in [3.63, 3.8) is 0 Å². The van der Waals surface area contributed by atoms with Crippen molar-refractivity contribution in [2.75, 3.05) is 13.7 Å². The summed E-state index contributed by atoms with van der Waals surface area (Å²) >= 11 is 0. The van der Waals surface area contributed by atoms with E-state index in [0.29, 0.717) is 19.3 Å². The molecule has 0 aromatic heterocycles. The molecule has 0 radical (unpaired) electrons. The van der Waals surface area contributed by atoms with Gasteiger partial charge in [0.2, 0.25) is 0 Å². The van der Waals surface area contributed by atoms with E-state index < -0.39 is 0 Å². The van der Waals surface area contributed by atoms with Gasteiger partial charge in [-0.2, -0.15) is 0 Å². The molecule has 2 N–H and O–H groups in total. The van der Waals surface area contributed by atoms with Gasteiger partial charge < -0.3 is 10.5 Å². The van der Waals surface area contributed by atoms with Gasteiger partial charge in [-0.15, -0.1) is 0 Å². The van der Waals surface area contributed by atoms with Crippen molar-refractivity contribution in [1.29, 1.82) is 0 Å². The first-order valence-electron chi connectivity index (χ1n) is 3.49. The van der Waals surface area contributed by atoms with Crippen LogP contribution < -0.4 is 5.73 Å². The van der Waals surface area contributed by atoms with Crippen LogP contribution in [0.15, 0.2) is 0 Å². The van der Waals surface area contributed by atoms with E-state index in [1.807, 2.05) is 0 Å². The van der Waals surface area contributed by atoms with Crippen LogP contribution >= 0.6 is 0 Å². The van der Waals surface area contributed by atoms with Crippen molar-refractivity contribution in [2.45, 2.75) is 19.3 Å². The predicted octanol–water partition coefficient (Wildman–Crippen LogP) is -0.142. The number of ether oxygens (including phenoxy) is 1. The van der Waals surface area contributed by atoms with Crippen molar-refractivity contribution >= 4 is 11.8 Å². The second-order valence-electron chi connectivity index (χ2n) is 2.17. The Bertz CT molecular complexity index is 129. The Morgan fingerprint density at radius 3 is 2.45 bits per heavy atom. The van der Waals surface area contributed by atoms with E-state index in [2.05, 4.69) is 4.74 Å². The number of hydrogen-bond donors (Lipinski definition) is 1. The van der Waals surface area contributed by atoms with Crippen LogP contribution in [0, 0.1) is 0 Å². The van der Waals surface area contributed by atoms with E-state index >= 15 is 0 Å². The van der Waals surface area contributed by atoms with Gasteiger partial charge in [-0.3, -0.25) is 9.59 Å². The molecule has 0 atom stereocenters. The first-order chi connectivity index (χ1) is 5.20. The van der Waals surface area contributed by atoms with E-state index in [4.69, 9.17) is 5.73 Å². The summed E-state index contributed by atoms with van der Waals surface area (Å²) in [7, 11) is 1.33. The molecule has 0 heterocycles. The molecule has 0 bridgehead atoms. The number of Topliss-reactive ketones (excluding diaryl/α,β-unsaturated/α-hetero) is 1. The zero-order valence-corrected chi connectivity index (χ0v) is 6.63. The maximum atomic E-state index is 10.6. The van der Waals surface area contributed by atoms with Gasteiger partial charge >= 0.3 is 5.97 Å². The number of esters is 1. The summed E-state index contributed by atoms with van der Waals surface area (Å²) in [5, 5.41) is 0. The second kappa shape index (κ2) is 5.85. The van der Waals surface area contributed by atoms with E-state index in [0.717, 1.165) is 0 Å². The average Bonchev–Trinajstić information content (AvgIpc) is 2.04. The molecular weight excluding hydrogens is 146 g/mol.